The maximum absolute atomic E-state index is 3.36. The van der Waals surface area contributed by atoms with Crippen LogP contribution in [0.15, 0.2) is 0 Å². The molecule has 2 aliphatic rings. The zero-order chi connectivity index (χ0) is 9.15. The molecule has 76 valence electrons. The number of hydrogen-bond acceptors (Lipinski definition) is 1. The summed E-state index contributed by atoms with van der Waals surface area (Å²) in [5.41, 5.74) is 0.747. The molecule has 0 spiro atoms. The van der Waals surface area contributed by atoms with Crippen molar-refractivity contribution in [2.24, 2.45) is 11.3 Å². The Labute approximate surface area is 82.3 Å². The average Bonchev–Trinajstić information content (AvgIpc) is 2.87. The fraction of sp³-hybridized carbons (Fsp3) is 1.00. The van der Waals surface area contributed by atoms with Gasteiger partial charge in [-0.3, -0.25) is 0 Å². The van der Waals surface area contributed by atoms with Crippen molar-refractivity contribution in [3.05, 3.63) is 0 Å². The van der Waals surface area contributed by atoms with Crippen molar-refractivity contribution in [2.75, 3.05) is 13.6 Å². The van der Waals surface area contributed by atoms with Crippen LogP contribution >= 0.6 is 0 Å². The van der Waals surface area contributed by atoms with Crippen LogP contribution in [0.25, 0.3) is 0 Å². The topological polar surface area (TPSA) is 12.0 Å². The summed E-state index contributed by atoms with van der Waals surface area (Å²) in [6.45, 7) is 1.27. The second-order valence-electron chi connectivity index (χ2n) is 5.24. The lowest BCUT2D eigenvalue weighted by Gasteiger charge is -2.26. The molecule has 0 aromatic rings. The van der Waals surface area contributed by atoms with Crippen LogP contribution in [0.2, 0.25) is 0 Å². The lowest BCUT2D eigenvalue weighted by molar-refractivity contribution is 0.272. The SMILES string of the molecule is CNCC1(CC2CCCCC2)CC1. The molecule has 0 saturated heterocycles. The summed E-state index contributed by atoms with van der Waals surface area (Å²) in [6, 6.07) is 0. The average molecular weight is 181 g/mol. The van der Waals surface area contributed by atoms with Crippen LogP contribution in [-0.4, -0.2) is 13.6 Å². The van der Waals surface area contributed by atoms with Gasteiger partial charge in [0.15, 0.2) is 0 Å². The summed E-state index contributed by atoms with van der Waals surface area (Å²) in [5, 5.41) is 3.36. The Bertz CT molecular complexity index is 155. The van der Waals surface area contributed by atoms with Crippen molar-refractivity contribution in [3.63, 3.8) is 0 Å². The predicted octanol–water partition coefficient (Wildman–Crippen LogP) is 2.96. The largest absolute Gasteiger partial charge is 0.319 e. The van der Waals surface area contributed by atoms with E-state index in [2.05, 4.69) is 12.4 Å². The van der Waals surface area contributed by atoms with E-state index in [0.29, 0.717) is 0 Å². The predicted molar refractivity (Wildman–Crippen MR) is 56.8 cm³/mol. The highest BCUT2D eigenvalue weighted by Gasteiger charge is 2.43. The van der Waals surface area contributed by atoms with Crippen LogP contribution in [0.1, 0.15) is 51.4 Å². The summed E-state index contributed by atoms with van der Waals surface area (Å²) in [5.74, 6) is 1.07. The number of rotatable bonds is 4. The number of hydrogen-bond donors (Lipinski definition) is 1. The van der Waals surface area contributed by atoms with Gasteiger partial charge in [-0.2, -0.15) is 0 Å². The monoisotopic (exact) mass is 181 g/mol. The summed E-state index contributed by atoms with van der Waals surface area (Å²) in [7, 11) is 2.10. The summed E-state index contributed by atoms with van der Waals surface area (Å²) in [6.07, 6.45) is 12.0. The van der Waals surface area contributed by atoms with Crippen molar-refractivity contribution >= 4 is 0 Å². The minimum absolute atomic E-state index is 0.747. The Kier molecular flexibility index (Phi) is 2.92. The van der Waals surface area contributed by atoms with Gasteiger partial charge in [0.2, 0.25) is 0 Å². The zero-order valence-electron chi connectivity index (χ0n) is 8.94. The van der Waals surface area contributed by atoms with Crippen molar-refractivity contribution < 1.29 is 0 Å². The first-order valence-electron chi connectivity index (χ1n) is 5.99. The second kappa shape index (κ2) is 4.00. The van der Waals surface area contributed by atoms with Crippen LogP contribution < -0.4 is 5.32 Å². The third-order valence-electron chi connectivity index (χ3n) is 3.96. The molecule has 1 N–H and O–H groups in total. The molecular formula is C12H23N. The quantitative estimate of drug-likeness (QED) is 0.703. The molecule has 2 rings (SSSR count). The molecule has 0 bridgehead atoms. The first-order valence-corrected chi connectivity index (χ1v) is 5.99. The van der Waals surface area contributed by atoms with Crippen LogP contribution in [0, 0.1) is 11.3 Å². The van der Waals surface area contributed by atoms with Gasteiger partial charge in [0.1, 0.15) is 0 Å². The molecule has 0 aromatic heterocycles. The Balaban J connectivity index is 1.76. The van der Waals surface area contributed by atoms with Gasteiger partial charge in [0, 0.05) is 6.54 Å². The molecule has 0 aliphatic heterocycles. The van der Waals surface area contributed by atoms with Gasteiger partial charge in [-0.15, -0.1) is 0 Å². The molecule has 0 unspecified atom stereocenters. The standard InChI is InChI=1S/C12H23N/c1-13-10-12(7-8-12)9-11-5-3-2-4-6-11/h11,13H,2-10H2,1H3. The lowest BCUT2D eigenvalue weighted by atomic mass is 9.81. The van der Waals surface area contributed by atoms with Gasteiger partial charge in [-0.25, -0.2) is 0 Å². The second-order valence-corrected chi connectivity index (χ2v) is 5.24. The maximum atomic E-state index is 3.36. The highest BCUT2D eigenvalue weighted by molar-refractivity contribution is 4.96. The third-order valence-corrected chi connectivity index (χ3v) is 3.96. The fourth-order valence-electron chi connectivity index (χ4n) is 3.01. The molecule has 0 aromatic carbocycles. The lowest BCUT2D eigenvalue weighted by Crippen LogP contribution is -2.23. The minimum Gasteiger partial charge on any atom is -0.319 e. The van der Waals surface area contributed by atoms with Gasteiger partial charge in [-0.05, 0) is 37.6 Å². The molecule has 2 saturated carbocycles. The van der Waals surface area contributed by atoms with E-state index in [1.54, 1.807) is 0 Å². The summed E-state index contributed by atoms with van der Waals surface area (Å²) >= 11 is 0. The smallest absolute Gasteiger partial charge is 0.000491 e. The van der Waals surface area contributed by atoms with Crippen LogP contribution in [0.3, 0.4) is 0 Å². The Morgan fingerprint density at radius 1 is 1.15 bits per heavy atom. The molecule has 1 nitrogen and oxygen atoms in total. The fourth-order valence-corrected chi connectivity index (χ4v) is 3.01. The van der Waals surface area contributed by atoms with Gasteiger partial charge < -0.3 is 5.32 Å². The van der Waals surface area contributed by atoms with E-state index >= 15 is 0 Å². The van der Waals surface area contributed by atoms with Crippen molar-refractivity contribution in [1.29, 1.82) is 0 Å². The molecule has 2 aliphatic carbocycles. The Hall–Kier alpha value is -0.0400. The van der Waals surface area contributed by atoms with Crippen LogP contribution in [-0.2, 0) is 0 Å². The van der Waals surface area contributed by atoms with E-state index < -0.39 is 0 Å². The van der Waals surface area contributed by atoms with Gasteiger partial charge in [0.05, 0.1) is 0 Å². The highest BCUT2D eigenvalue weighted by atomic mass is 14.8. The Morgan fingerprint density at radius 2 is 1.85 bits per heavy atom. The van der Waals surface area contributed by atoms with E-state index in [1.807, 2.05) is 0 Å². The van der Waals surface area contributed by atoms with E-state index in [1.165, 1.54) is 57.9 Å². The highest BCUT2D eigenvalue weighted by Crippen LogP contribution is 2.51. The van der Waals surface area contributed by atoms with Crippen molar-refractivity contribution in [1.82, 2.24) is 5.32 Å². The molecule has 1 heteroatoms. The van der Waals surface area contributed by atoms with Gasteiger partial charge >= 0.3 is 0 Å². The maximum Gasteiger partial charge on any atom is 0.000491 e. The number of nitrogens with one attached hydrogen (secondary N) is 1. The van der Waals surface area contributed by atoms with Gasteiger partial charge in [0.25, 0.3) is 0 Å². The summed E-state index contributed by atoms with van der Waals surface area (Å²) < 4.78 is 0. The normalized spacial score (nSPS) is 27.5. The van der Waals surface area contributed by atoms with E-state index in [9.17, 15) is 0 Å². The van der Waals surface area contributed by atoms with E-state index in [4.69, 9.17) is 0 Å². The zero-order valence-corrected chi connectivity index (χ0v) is 8.94. The minimum atomic E-state index is 0.747. The van der Waals surface area contributed by atoms with Gasteiger partial charge in [-0.1, -0.05) is 32.1 Å². The first kappa shape index (κ1) is 9.51. The molecule has 0 heterocycles. The van der Waals surface area contributed by atoms with E-state index in [-0.39, 0.29) is 0 Å². The molecule has 0 amide bonds. The van der Waals surface area contributed by atoms with Crippen LogP contribution in [0.5, 0.6) is 0 Å². The first-order chi connectivity index (χ1) is 6.35. The van der Waals surface area contributed by atoms with Crippen molar-refractivity contribution in [2.45, 2.75) is 51.4 Å². The Morgan fingerprint density at radius 3 is 2.38 bits per heavy atom. The van der Waals surface area contributed by atoms with Crippen LogP contribution in [0.4, 0.5) is 0 Å². The molecule has 2 fully saturated rings. The molecule has 13 heavy (non-hydrogen) atoms. The van der Waals surface area contributed by atoms with Crippen molar-refractivity contribution in [3.8, 4) is 0 Å². The summed E-state index contributed by atoms with van der Waals surface area (Å²) in [4.78, 5) is 0. The molecular weight excluding hydrogens is 158 g/mol. The third kappa shape index (κ3) is 2.46. The van der Waals surface area contributed by atoms with E-state index in [0.717, 1.165) is 11.3 Å². The molecule has 0 atom stereocenters. The molecule has 0 radical (unpaired) electrons.